The minimum atomic E-state index is 0.0250. The number of anilines is 1. The molecule has 0 amide bonds. The summed E-state index contributed by atoms with van der Waals surface area (Å²) in [4.78, 5) is 14.1. The third-order valence-corrected chi connectivity index (χ3v) is 3.04. The number of ketones is 1. The van der Waals surface area contributed by atoms with Gasteiger partial charge in [0.05, 0.1) is 6.61 Å². The third-order valence-electron chi connectivity index (χ3n) is 3.04. The number of aliphatic hydroxyl groups is 1. The molecule has 0 spiro atoms. The van der Waals surface area contributed by atoms with Crippen LogP contribution in [0.15, 0.2) is 54.6 Å². The summed E-state index contributed by atoms with van der Waals surface area (Å²) in [5.41, 5.74) is 2.35. The fourth-order valence-corrected chi connectivity index (χ4v) is 1.90. The van der Waals surface area contributed by atoms with E-state index >= 15 is 0 Å². The minimum Gasteiger partial charge on any atom is -0.395 e. The van der Waals surface area contributed by atoms with E-state index in [-0.39, 0.29) is 12.4 Å². The first-order valence-electron chi connectivity index (χ1n) is 6.24. The number of benzene rings is 2. The molecular weight excluding hydrogens is 238 g/mol. The lowest BCUT2D eigenvalue weighted by Gasteiger charge is -2.17. The van der Waals surface area contributed by atoms with Gasteiger partial charge in [0.15, 0.2) is 5.78 Å². The molecule has 3 heteroatoms. The Labute approximate surface area is 113 Å². The van der Waals surface area contributed by atoms with Gasteiger partial charge in [0, 0.05) is 30.4 Å². The fraction of sp³-hybridized carbons (Fsp3) is 0.188. The molecule has 0 heterocycles. The zero-order chi connectivity index (χ0) is 13.7. The predicted octanol–water partition coefficient (Wildman–Crippen LogP) is 2.35. The van der Waals surface area contributed by atoms with Crippen LogP contribution in [0.25, 0.3) is 0 Å². The molecule has 0 saturated heterocycles. The Bertz CT molecular complexity index is 534. The maximum Gasteiger partial charge on any atom is 0.193 e. The first kappa shape index (κ1) is 13.3. The number of carbonyl (C=O) groups is 1. The average molecular weight is 255 g/mol. The van der Waals surface area contributed by atoms with E-state index in [1.807, 2.05) is 66.5 Å². The lowest BCUT2D eigenvalue weighted by molar-refractivity contribution is 0.103. The first-order chi connectivity index (χ1) is 9.22. The van der Waals surface area contributed by atoms with Crippen molar-refractivity contribution in [3.05, 3.63) is 65.7 Å². The van der Waals surface area contributed by atoms with Crippen LogP contribution in [0.1, 0.15) is 15.9 Å². The summed E-state index contributed by atoms with van der Waals surface area (Å²) < 4.78 is 0. The normalized spacial score (nSPS) is 10.2. The topological polar surface area (TPSA) is 40.5 Å². The van der Waals surface area contributed by atoms with E-state index in [9.17, 15) is 4.79 Å². The number of carbonyl (C=O) groups excluding carboxylic acids is 1. The largest absolute Gasteiger partial charge is 0.395 e. The molecule has 0 bridgehead atoms. The summed E-state index contributed by atoms with van der Waals surface area (Å²) in [5, 5.41) is 8.89. The van der Waals surface area contributed by atoms with E-state index in [1.54, 1.807) is 0 Å². The van der Waals surface area contributed by atoms with Gasteiger partial charge in [-0.05, 0) is 24.3 Å². The second-order valence-electron chi connectivity index (χ2n) is 4.39. The van der Waals surface area contributed by atoms with Crippen molar-refractivity contribution < 1.29 is 9.90 Å². The van der Waals surface area contributed by atoms with Gasteiger partial charge in [0.25, 0.3) is 0 Å². The molecule has 3 nitrogen and oxygen atoms in total. The zero-order valence-electron chi connectivity index (χ0n) is 10.9. The molecule has 2 aromatic carbocycles. The van der Waals surface area contributed by atoms with Crippen LogP contribution in [0.2, 0.25) is 0 Å². The van der Waals surface area contributed by atoms with Crippen LogP contribution in [0, 0.1) is 0 Å². The monoisotopic (exact) mass is 255 g/mol. The summed E-state index contributed by atoms with van der Waals surface area (Å²) in [7, 11) is 1.91. The van der Waals surface area contributed by atoms with Crippen LogP contribution >= 0.6 is 0 Å². The number of hydrogen-bond acceptors (Lipinski definition) is 3. The van der Waals surface area contributed by atoms with E-state index in [2.05, 4.69) is 0 Å². The van der Waals surface area contributed by atoms with Crippen molar-refractivity contribution in [1.29, 1.82) is 0 Å². The highest BCUT2D eigenvalue weighted by Crippen LogP contribution is 2.16. The quantitative estimate of drug-likeness (QED) is 0.834. The smallest absolute Gasteiger partial charge is 0.193 e. The summed E-state index contributed by atoms with van der Waals surface area (Å²) in [6.07, 6.45) is 0. The SMILES string of the molecule is CN(CCO)c1ccc(C(=O)c2ccccc2)cc1. The van der Waals surface area contributed by atoms with E-state index < -0.39 is 0 Å². The van der Waals surface area contributed by atoms with Crippen molar-refractivity contribution in [3.63, 3.8) is 0 Å². The molecule has 0 fully saturated rings. The van der Waals surface area contributed by atoms with Crippen molar-refractivity contribution >= 4 is 11.5 Å². The Morgan fingerprint density at radius 1 is 1.00 bits per heavy atom. The van der Waals surface area contributed by atoms with Gasteiger partial charge < -0.3 is 10.0 Å². The van der Waals surface area contributed by atoms with Crippen molar-refractivity contribution in [2.75, 3.05) is 25.1 Å². The van der Waals surface area contributed by atoms with Gasteiger partial charge in [-0.3, -0.25) is 4.79 Å². The molecule has 1 N–H and O–H groups in total. The van der Waals surface area contributed by atoms with Crippen molar-refractivity contribution in [2.24, 2.45) is 0 Å². The molecule has 2 aromatic rings. The van der Waals surface area contributed by atoms with E-state index in [4.69, 9.17) is 5.11 Å². The molecule has 0 aliphatic carbocycles. The van der Waals surface area contributed by atoms with Gasteiger partial charge in [0.1, 0.15) is 0 Å². The molecule has 19 heavy (non-hydrogen) atoms. The maximum atomic E-state index is 12.2. The molecule has 0 aliphatic rings. The Balaban J connectivity index is 2.17. The van der Waals surface area contributed by atoms with Gasteiger partial charge in [-0.2, -0.15) is 0 Å². The lowest BCUT2D eigenvalue weighted by atomic mass is 10.0. The van der Waals surface area contributed by atoms with Crippen LogP contribution < -0.4 is 4.90 Å². The van der Waals surface area contributed by atoms with Crippen LogP contribution in [0.5, 0.6) is 0 Å². The molecule has 98 valence electrons. The van der Waals surface area contributed by atoms with E-state index in [0.717, 1.165) is 5.69 Å². The summed E-state index contributed by atoms with van der Waals surface area (Å²) in [6.45, 7) is 0.688. The van der Waals surface area contributed by atoms with Crippen molar-refractivity contribution in [2.45, 2.75) is 0 Å². The van der Waals surface area contributed by atoms with Crippen molar-refractivity contribution in [3.8, 4) is 0 Å². The Morgan fingerprint density at radius 2 is 1.58 bits per heavy atom. The lowest BCUT2D eigenvalue weighted by Crippen LogP contribution is -2.21. The Hall–Kier alpha value is -2.13. The molecule has 0 saturated carbocycles. The molecular formula is C16H17NO2. The highest BCUT2D eigenvalue weighted by molar-refractivity contribution is 6.09. The third kappa shape index (κ3) is 3.20. The summed E-state index contributed by atoms with van der Waals surface area (Å²) in [5.74, 6) is 0.0250. The molecule has 0 aliphatic heterocycles. The summed E-state index contributed by atoms with van der Waals surface area (Å²) in [6, 6.07) is 16.7. The second-order valence-corrected chi connectivity index (χ2v) is 4.39. The number of aliphatic hydroxyl groups excluding tert-OH is 1. The molecule has 0 aromatic heterocycles. The standard InChI is InChI=1S/C16H17NO2/c1-17(11-12-18)15-9-7-14(8-10-15)16(19)13-5-3-2-4-6-13/h2-10,18H,11-12H2,1H3. The van der Waals surface area contributed by atoms with Gasteiger partial charge in [-0.15, -0.1) is 0 Å². The maximum absolute atomic E-state index is 12.2. The van der Waals surface area contributed by atoms with Gasteiger partial charge in [0.2, 0.25) is 0 Å². The van der Waals surface area contributed by atoms with E-state index in [0.29, 0.717) is 17.7 Å². The molecule has 2 rings (SSSR count). The first-order valence-corrected chi connectivity index (χ1v) is 6.24. The predicted molar refractivity (Wildman–Crippen MR) is 76.7 cm³/mol. The zero-order valence-corrected chi connectivity index (χ0v) is 10.9. The fourth-order valence-electron chi connectivity index (χ4n) is 1.90. The molecule has 0 unspecified atom stereocenters. The average Bonchev–Trinajstić information content (AvgIpc) is 2.48. The number of hydrogen-bond donors (Lipinski definition) is 1. The molecule has 0 radical (unpaired) electrons. The van der Waals surface area contributed by atoms with E-state index in [1.165, 1.54) is 0 Å². The minimum absolute atomic E-state index is 0.0250. The Kier molecular flexibility index (Phi) is 4.31. The van der Waals surface area contributed by atoms with Gasteiger partial charge >= 0.3 is 0 Å². The second kappa shape index (κ2) is 6.16. The molecule has 0 atom stereocenters. The number of rotatable bonds is 5. The van der Waals surface area contributed by atoms with Gasteiger partial charge in [-0.25, -0.2) is 0 Å². The van der Waals surface area contributed by atoms with Crippen LogP contribution in [0.3, 0.4) is 0 Å². The highest BCUT2D eigenvalue weighted by Gasteiger charge is 2.08. The van der Waals surface area contributed by atoms with Crippen LogP contribution in [-0.2, 0) is 0 Å². The summed E-state index contributed by atoms with van der Waals surface area (Å²) >= 11 is 0. The van der Waals surface area contributed by atoms with Crippen LogP contribution in [-0.4, -0.2) is 31.1 Å². The van der Waals surface area contributed by atoms with Crippen LogP contribution in [0.4, 0.5) is 5.69 Å². The van der Waals surface area contributed by atoms with Gasteiger partial charge in [-0.1, -0.05) is 30.3 Å². The van der Waals surface area contributed by atoms with Crippen molar-refractivity contribution in [1.82, 2.24) is 0 Å². The number of likely N-dealkylation sites (N-methyl/N-ethyl adjacent to an activating group) is 1. The highest BCUT2D eigenvalue weighted by atomic mass is 16.3. The number of nitrogens with zero attached hydrogens (tertiary/aromatic N) is 1. The Morgan fingerprint density at radius 3 is 2.16 bits per heavy atom.